The van der Waals surface area contributed by atoms with Gasteiger partial charge in [-0.05, 0) is 12.5 Å². The van der Waals surface area contributed by atoms with Crippen molar-refractivity contribution in [3.63, 3.8) is 0 Å². The van der Waals surface area contributed by atoms with Crippen molar-refractivity contribution in [3.8, 4) is 0 Å². The fourth-order valence-corrected chi connectivity index (χ4v) is 1.37. The second-order valence-corrected chi connectivity index (χ2v) is 4.31. The van der Waals surface area contributed by atoms with Crippen LogP contribution in [0.15, 0.2) is 30.3 Å². The van der Waals surface area contributed by atoms with Crippen LogP contribution in [0, 0.1) is 0 Å². The fraction of sp³-hybridized carbons (Fsp3) is 0.417. The van der Waals surface area contributed by atoms with Gasteiger partial charge in [0.05, 0.1) is 6.54 Å². The van der Waals surface area contributed by atoms with E-state index in [1.54, 1.807) is 35.6 Å². The molecule has 0 radical (unpaired) electrons. The zero-order chi connectivity index (χ0) is 14.7. The fourth-order valence-electron chi connectivity index (χ4n) is 1.37. The Morgan fingerprint density at radius 2 is 1.84 bits per heavy atom. The standard InChI is InChI=1S/C12H14F4N2O/c1-11(17,8-5-3-2-4-6-8)10(19)18-7-12(15,16)9(13)14/h2-6,9H,7,17H2,1H3,(H,18,19). The lowest BCUT2D eigenvalue weighted by molar-refractivity contribution is -0.139. The average Bonchev–Trinajstić information content (AvgIpc) is 2.36. The lowest BCUT2D eigenvalue weighted by Gasteiger charge is -2.25. The first-order valence-electron chi connectivity index (χ1n) is 5.46. The van der Waals surface area contributed by atoms with Crippen LogP contribution in [0.2, 0.25) is 0 Å². The van der Waals surface area contributed by atoms with Crippen LogP contribution in [0.4, 0.5) is 17.6 Å². The largest absolute Gasteiger partial charge is 0.348 e. The number of amides is 1. The minimum absolute atomic E-state index is 0.396. The number of carbonyl (C=O) groups is 1. The molecular formula is C12H14F4N2O. The van der Waals surface area contributed by atoms with Gasteiger partial charge in [0.2, 0.25) is 5.91 Å². The lowest BCUT2D eigenvalue weighted by Crippen LogP contribution is -2.52. The van der Waals surface area contributed by atoms with Crippen LogP contribution in [0.3, 0.4) is 0 Å². The van der Waals surface area contributed by atoms with Gasteiger partial charge in [0.15, 0.2) is 0 Å². The predicted molar refractivity (Wildman–Crippen MR) is 61.9 cm³/mol. The third kappa shape index (κ3) is 3.66. The molecule has 0 spiro atoms. The Hall–Kier alpha value is -1.63. The number of nitrogens with one attached hydrogen (secondary N) is 1. The SMILES string of the molecule is CC(N)(C(=O)NCC(F)(F)C(F)F)c1ccccc1. The second kappa shape index (κ2) is 5.56. The Labute approximate surface area is 107 Å². The first-order chi connectivity index (χ1) is 8.68. The lowest BCUT2D eigenvalue weighted by atomic mass is 9.92. The molecule has 0 bridgehead atoms. The minimum Gasteiger partial charge on any atom is -0.348 e. The molecular weight excluding hydrogens is 264 g/mol. The number of halogens is 4. The number of hydrogen-bond donors (Lipinski definition) is 2. The molecule has 1 aromatic rings. The van der Waals surface area contributed by atoms with Crippen molar-refractivity contribution in [1.29, 1.82) is 0 Å². The molecule has 1 rings (SSSR count). The van der Waals surface area contributed by atoms with Gasteiger partial charge in [-0.1, -0.05) is 30.3 Å². The van der Waals surface area contributed by atoms with Crippen LogP contribution in [0.1, 0.15) is 12.5 Å². The van der Waals surface area contributed by atoms with Gasteiger partial charge >= 0.3 is 12.3 Å². The topological polar surface area (TPSA) is 55.1 Å². The summed E-state index contributed by atoms with van der Waals surface area (Å²) in [6, 6.07) is 8.04. The molecule has 19 heavy (non-hydrogen) atoms. The zero-order valence-corrected chi connectivity index (χ0v) is 10.2. The van der Waals surface area contributed by atoms with Gasteiger partial charge in [0.1, 0.15) is 5.54 Å². The number of nitrogens with two attached hydrogens (primary N) is 1. The molecule has 0 fully saturated rings. The summed E-state index contributed by atoms with van der Waals surface area (Å²) in [6.45, 7) is -0.138. The number of hydrogen-bond acceptors (Lipinski definition) is 2. The maximum absolute atomic E-state index is 12.7. The van der Waals surface area contributed by atoms with E-state index in [4.69, 9.17) is 5.73 Å². The Morgan fingerprint density at radius 1 is 1.32 bits per heavy atom. The Balaban J connectivity index is 2.73. The van der Waals surface area contributed by atoms with Crippen molar-refractivity contribution in [2.24, 2.45) is 5.73 Å². The predicted octanol–water partition coefficient (Wildman–Crippen LogP) is 1.88. The summed E-state index contributed by atoms with van der Waals surface area (Å²) < 4.78 is 49.3. The van der Waals surface area contributed by atoms with E-state index in [0.29, 0.717) is 5.56 Å². The highest BCUT2D eigenvalue weighted by Crippen LogP contribution is 2.23. The van der Waals surface area contributed by atoms with Gasteiger partial charge in [-0.3, -0.25) is 4.79 Å². The van der Waals surface area contributed by atoms with E-state index in [1.807, 2.05) is 0 Å². The van der Waals surface area contributed by atoms with Crippen molar-refractivity contribution in [2.75, 3.05) is 6.54 Å². The molecule has 3 N–H and O–H groups in total. The van der Waals surface area contributed by atoms with E-state index >= 15 is 0 Å². The van der Waals surface area contributed by atoms with Gasteiger partial charge in [0, 0.05) is 0 Å². The molecule has 0 saturated carbocycles. The summed E-state index contributed by atoms with van der Waals surface area (Å²) in [5.74, 6) is -5.22. The van der Waals surface area contributed by atoms with E-state index in [1.165, 1.54) is 6.92 Å². The second-order valence-electron chi connectivity index (χ2n) is 4.31. The molecule has 1 aromatic carbocycles. The molecule has 0 heterocycles. The third-order valence-electron chi connectivity index (χ3n) is 2.65. The van der Waals surface area contributed by atoms with Crippen molar-refractivity contribution >= 4 is 5.91 Å². The van der Waals surface area contributed by atoms with Crippen molar-refractivity contribution in [2.45, 2.75) is 24.8 Å². The summed E-state index contributed by atoms with van der Waals surface area (Å²) in [6.07, 6.45) is -3.84. The smallest absolute Gasteiger partial charge is 0.324 e. The molecule has 3 nitrogen and oxygen atoms in total. The van der Waals surface area contributed by atoms with Crippen LogP contribution >= 0.6 is 0 Å². The highest BCUT2D eigenvalue weighted by Gasteiger charge is 2.42. The van der Waals surface area contributed by atoms with Crippen LogP contribution in [0.5, 0.6) is 0 Å². The van der Waals surface area contributed by atoms with Crippen LogP contribution < -0.4 is 11.1 Å². The molecule has 0 aliphatic heterocycles. The first-order valence-corrected chi connectivity index (χ1v) is 5.46. The number of alkyl halides is 4. The molecule has 1 unspecified atom stereocenters. The van der Waals surface area contributed by atoms with E-state index in [9.17, 15) is 22.4 Å². The third-order valence-corrected chi connectivity index (χ3v) is 2.65. The summed E-state index contributed by atoms with van der Waals surface area (Å²) in [5, 5.41) is 1.75. The summed E-state index contributed by atoms with van der Waals surface area (Å²) in [7, 11) is 0. The average molecular weight is 278 g/mol. The quantitative estimate of drug-likeness (QED) is 0.808. The molecule has 0 aromatic heterocycles. The van der Waals surface area contributed by atoms with E-state index in [-0.39, 0.29) is 0 Å². The Bertz CT molecular complexity index is 435. The van der Waals surface area contributed by atoms with Crippen LogP contribution in [-0.2, 0) is 10.3 Å². The summed E-state index contributed by atoms with van der Waals surface area (Å²) in [5.41, 5.74) is 4.57. The van der Waals surface area contributed by atoms with Gasteiger partial charge in [-0.2, -0.15) is 8.78 Å². The number of carbonyl (C=O) groups excluding carboxylic acids is 1. The molecule has 0 saturated heterocycles. The van der Waals surface area contributed by atoms with Gasteiger partial charge in [-0.15, -0.1) is 0 Å². The highest BCUT2D eigenvalue weighted by atomic mass is 19.3. The molecule has 0 aliphatic carbocycles. The van der Waals surface area contributed by atoms with Crippen molar-refractivity contribution < 1.29 is 22.4 Å². The van der Waals surface area contributed by atoms with E-state index < -0.39 is 30.3 Å². The van der Waals surface area contributed by atoms with E-state index in [2.05, 4.69) is 0 Å². The maximum atomic E-state index is 12.7. The Kier molecular flexibility index (Phi) is 4.52. The number of rotatable bonds is 5. The summed E-state index contributed by atoms with van der Waals surface area (Å²) >= 11 is 0. The van der Waals surface area contributed by atoms with Crippen molar-refractivity contribution in [3.05, 3.63) is 35.9 Å². The minimum atomic E-state index is -4.28. The maximum Gasteiger partial charge on any atom is 0.324 e. The van der Waals surface area contributed by atoms with Gasteiger partial charge in [-0.25, -0.2) is 8.78 Å². The monoisotopic (exact) mass is 278 g/mol. The van der Waals surface area contributed by atoms with Gasteiger partial charge < -0.3 is 11.1 Å². The van der Waals surface area contributed by atoms with Crippen LogP contribution in [0.25, 0.3) is 0 Å². The van der Waals surface area contributed by atoms with Crippen LogP contribution in [-0.4, -0.2) is 24.8 Å². The molecule has 1 amide bonds. The molecule has 1 atom stereocenters. The van der Waals surface area contributed by atoms with Gasteiger partial charge in [0.25, 0.3) is 0 Å². The summed E-state index contributed by atoms with van der Waals surface area (Å²) in [4.78, 5) is 11.7. The molecule has 0 aliphatic rings. The molecule has 106 valence electrons. The highest BCUT2D eigenvalue weighted by molar-refractivity contribution is 5.87. The van der Waals surface area contributed by atoms with Crippen molar-refractivity contribution in [1.82, 2.24) is 5.32 Å². The molecule has 7 heteroatoms. The number of benzene rings is 1. The van der Waals surface area contributed by atoms with E-state index in [0.717, 1.165) is 0 Å². The Morgan fingerprint density at radius 3 is 2.32 bits per heavy atom. The first kappa shape index (κ1) is 15.4. The zero-order valence-electron chi connectivity index (χ0n) is 10.2. The normalized spacial score (nSPS) is 15.1.